The van der Waals surface area contributed by atoms with Gasteiger partial charge in [0, 0.05) is 6.54 Å². The molecule has 2 N–H and O–H groups in total. The van der Waals surface area contributed by atoms with Gasteiger partial charge in [0.1, 0.15) is 5.75 Å². The lowest BCUT2D eigenvalue weighted by molar-refractivity contribution is 0.420. The molecule has 0 unspecified atom stereocenters. The summed E-state index contributed by atoms with van der Waals surface area (Å²) in [6.45, 7) is 1.32. The van der Waals surface area contributed by atoms with Crippen LogP contribution in [0.3, 0.4) is 0 Å². The van der Waals surface area contributed by atoms with Gasteiger partial charge in [0.05, 0.1) is 30.8 Å². The molecule has 0 aliphatic rings. The number of hydrogen-bond donors (Lipinski definition) is 1. The predicted octanol–water partition coefficient (Wildman–Crippen LogP) is 1.00. The molecule has 14 heavy (non-hydrogen) atoms. The number of methoxy groups -OCH3 is 1. The lowest BCUT2D eigenvalue weighted by Crippen LogP contribution is -2.10. The van der Waals surface area contributed by atoms with Crippen LogP contribution in [0.5, 0.6) is 5.75 Å². The van der Waals surface area contributed by atoms with E-state index in [0.29, 0.717) is 6.54 Å². The van der Waals surface area contributed by atoms with E-state index in [1.807, 2.05) is 29.1 Å². The van der Waals surface area contributed by atoms with E-state index >= 15 is 0 Å². The molecule has 74 valence electrons. The summed E-state index contributed by atoms with van der Waals surface area (Å²) < 4.78 is 7.12. The molecule has 2 rings (SSSR count). The zero-order valence-corrected chi connectivity index (χ0v) is 8.10. The molecule has 0 amide bonds. The van der Waals surface area contributed by atoms with Crippen molar-refractivity contribution in [2.75, 3.05) is 13.7 Å². The lowest BCUT2D eigenvalue weighted by Gasteiger charge is -2.02. The highest BCUT2D eigenvalue weighted by atomic mass is 16.5. The second kappa shape index (κ2) is 3.67. The summed E-state index contributed by atoms with van der Waals surface area (Å²) in [4.78, 5) is 0. The Bertz CT molecular complexity index is 436. The number of ether oxygens (including phenoxy) is 1. The molecule has 0 aliphatic carbocycles. The third-order valence-corrected chi connectivity index (χ3v) is 2.21. The smallest absolute Gasteiger partial charge is 0.129 e. The number of nitrogens with zero attached hydrogens (tertiary/aromatic N) is 2. The molecule has 2 aromatic rings. The van der Waals surface area contributed by atoms with E-state index in [-0.39, 0.29) is 0 Å². The second-order valence-electron chi connectivity index (χ2n) is 3.05. The summed E-state index contributed by atoms with van der Waals surface area (Å²) in [5.74, 6) is 0.853. The van der Waals surface area contributed by atoms with E-state index < -0.39 is 0 Å². The summed E-state index contributed by atoms with van der Waals surface area (Å²) in [7, 11) is 1.66. The van der Waals surface area contributed by atoms with Crippen LogP contribution in [-0.4, -0.2) is 23.4 Å². The highest BCUT2D eigenvalue weighted by molar-refractivity contribution is 5.85. The van der Waals surface area contributed by atoms with Crippen LogP contribution in [0.25, 0.3) is 10.9 Å². The molecule has 0 bridgehead atoms. The first kappa shape index (κ1) is 9.02. The molecule has 1 aromatic carbocycles. The second-order valence-corrected chi connectivity index (χ2v) is 3.05. The van der Waals surface area contributed by atoms with Crippen molar-refractivity contribution >= 4 is 10.9 Å². The number of rotatable bonds is 3. The summed E-state index contributed by atoms with van der Waals surface area (Å²) in [5, 5.41) is 5.28. The predicted molar refractivity (Wildman–Crippen MR) is 55.3 cm³/mol. The maximum Gasteiger partial charge on any atom is 0.129 e. The number of fused-ring (bicyclic) bond motifs is 1. The fraction of sp³-hybridized carbons (Fsp3) is 0.300. The van der Waals surface area contributed by atoms with Gasteiger partial charge in [-0.25, -0.2) is 0 Å². The third-order valence-electron chi connectivity index (χ3n) is 2.21. The summed E-state index contributed by atoms with van der Waals surface area (Å²) >= 11 is 0. The van der Waals surface area contributed by atoms with Crippen molar-refractivity contribution in [1.82, 2.24) is 9.78 Å². The van der Waals surface area contributed by atoms with Gasteiger partial charge in [0.2, 0.25) is 0 Å². The minimum atomic E-state index is 0.591. The van der Waals surface area contributed by atoms with Gasteiger partial charge in [0.15, 0.2) is 0 Å². The van der Waals surface area contributed by atoms with Crippen molar-refractivity contribution in [2.24, 2.45) is 5.73 Å². The third kappa shape index (κ3) is 1.33. The summed E-state index contributed by atoms with van der Waals surface area (Å²) in [6.07, 6.45) is 1.81. The number of aromatic nitrogens is 2. The monoisotopic (exact) mass is 191 g/mol. The fourth-order valence-corrected chi connectivity index (χ4v) is 1.56. The lowest BCUT2D eigenvalue weighted by atomic mass is 10.2. The minimum absolute atomic E-state index is 0.591. The Morgan fingerprint density at radius 1 is 1.50 bits per heavy atom. The molecule has 0 atom stereocenters. The first-order chi connectivity index (χ1) is 6.86. The minimum Gasteiger partial charge on any atom is -0.496 e. The largest absolute Gasteiger partial charge is 0.496 e. The Kier molecular flexibility index (Phi) is 2.37. The quantitative estimate of drug-likeness (QED) is 0.787. The van der Waals surface area contributed by atoms with Gasteiger partial charge in [0.25, 0.3) is 0 Å². The average molecular weight is 191 g/mol. The van der Waals surface area contributed by atoms with E-state index in [2.05, 4.69) is 5.10 Å². The van der Waals surface area contributed by atoms with Gasteiger partial charge in [-0.15, -0.1) is 0 Å². The Balaban J connectivity index is 2.57. The number of nitrogens with two attached hydrogens (primary N) is 1. The van der Waals surface area contributed by atoms with Gasteiger partial charge in [-0.2, -0.15) is 5.10 Å². The maximum absolute atomic E-state index is 5.49. The molecular formula is C10H13N3O. The molecule has 0 aliphatic heterocycles. The molecule has 0 spiro atoms. The van der Waals surface area contributed by atoms with E-state index in [1.54, 1.807) is 7.11 Å². The van der Waals surface area contributed by atoms with Crippen LogP contribution in [0.15, 0.2) is 24.4 Å². The van der Waals surface area contributed by atoms with Gasteiger partial charge in [-0.05, 0) is 12.1 Å². The highest BCUT2D eigenvalue weighted by Gasteiger charge is 2.05. The van der Waals surface area contributed by atoms with Crippen molar-refractivity contribution in [1.29, 1.82) is 0 Å². The van der Waals surface area contributed by atoms with Crippen LogP contribution in [0.2, 0.25) is 0 Å². The van der Waals surface area contributed by atoms with Crippen LogP contribution in [0, 0.1) is 0 Å². The zero-order valence-electron chi connectivity index (χ0n) is 8.10. The Morgan fingerprint density at radius 3 is 3.07 bits per heavy atom. The van der Waals surface area contributed by atoms with Crippen molar-refractivity contribution in [3.63, 3.8) is 0 Å². The fourth-order valence-electron chi connectivity index (χ4n) is 1.56. The molecule has 0 saturated heterocycles. The molecule has 0 saturated carbocycles. The molecule has 0 fully saturated rings. The molecule has 4 nitrogen and oxygen atoms in total. The molecule has 1 heterocycles. The summed E-state index contributed by atoms with van der Waals surface area (Å²) in [5.41, 5.74) is 6.55. The maximum atomic E-state index is 5.49. The van der Waals surface area contributed by atoms with Crippen molar-refractivity contribution in [3.8, 4) is 5.75 Å². The Morgan fingerprint density at radius 2 is 2.36 bits per heavy atom. The van der Waals surface area contributed by atoms with E-state index in [4.69, 9.17) is 10.5 Å². The number of benzene rings is 1. The standard InChI is InChI=1S/C10H13N3O/c1-14-10-4-2-3-9-8(10)7-12-13(9)6-5-11/h2-4,7H,5-6,11H2,1H3. The molecule has 4 heteroatoms. The Hall–Kier alpha value is -1.55. The van der Waals surface area contributed by atoms with Crippen molar-refractivity contribution in [2.45, 2.75) is 6.54 Å². The van der Waals surface area contributed by atoms with Crippen LogP contribution < -0.4 is 10.5 Å². The number of hydrogen-bond acceptors (Lipinski definition) is 3. The van der Waals surface area contributed by atoms with Gasteiger partial charge < -0.3 is 10.5 Å². The van der Waals surface area contributed by atoms with E-state index in [0.717, 1.165) is 23.2 Å². The van der Waals surface area contributed by atoms with Crippen LogP contribution in [0.4, 0.5) is 0 Å². The van der Waals surface area contributed by atoms with E-state index in [9.17, 15) is 0 Å². The van der Waals surface area contributed by atoms with Crippen LogP contribution in [0.1, 0.15) is 0 Å². The van der Waals surface area contributed by atoms with Gasteiger partial charge >= 0.3 is 0 Å². The van der Waals surface area contributed by atoms with Crippen molar-refractivity contribution < 1.29 is 4.74 Å². The highest BCUT2D eigenvalue weighted by Crippen LogP contribution is 2.24. The first-order valence-electron chi connectivity index (χ1n) is 4.55. The zero-order chi connectivity index (χ0) is 9.97. The van der Waals surface area contributed by atoms with Crippen LogP contribution >= 0.6 is 0 Å². The molecule has 0 radical (unpaired) electrons. The van der Waals surface area contributed by atoms with Gasteiger partial charge in [-0.1, -0.05) is 6.07 Å². The van der Waals surface area contributed by atoms with Crippen molar-refractivity contribution in [3.05, 3.63) is 24.4 Å². The van der Waals surface area contributed by atoms with Gasteiger partial charge in [-0.3, -0.25) is 4.68 Å². The normalized spacial score (nSPS) is 10.7. The molecule has 1 aromatic heterocycles. The summed E-state index contributed by atoms with van der Waals surface area (Å²) in [6, 6.07) is 5.90. The first-order valence-corrected chi connectivity index (χ1v) is 4.55. The van der Waals surface area contributed by atoms with E-state index in [1.165, 1.54) is 0 Å². The Labute approximate surface area is 82.3 Å². The SMILES string of the molecule is COc1cccc2c1cnn2CCN. The van der Waals surface area contributed by atoms with Crippen LogP contribution in [-0.2, 0) is 6.54 Å². The topological polar surface area (TPSA) is 53.1 Å². The average Bonchev–Trinajstić information content (AvgIpc) is 2.62. The molecular weight excluding hydrogens is 178 g/mol.